The van der Waals surface area contributed by atoms with Gasteiger partial charge in [0.25, 0.3) is 5.91 Å². The molecule has 0 radical (unpaired) electrons. The maximum atomic E-state index is 13.4. The molecule has 6 nitrogen and oxygen atoms in total. The van der Waals surface area contributed by atoms with Crippen molar-refractivity contribution in [1.29, 1.82) is 0 Å². The molecular formula is C34H41ClN2O4S. The van der Waals surface area contributed by atoms with Crippen LogP contribution in [0.4, 0.5) is 5.69 Å². The SMILES string of the molecule is CC1C/C=C/[C@@]2(OC2C)C2CCC2CN2C[C@@]3(CCCc4cc(Cl)ccc43)COc3ccc(cc32)C(=O)NS(=O)C1C. The van der Waals surface area contributed by atoms with Gasteiger partial charge in [-0.2, -0.15) is 0 Å². The summed E-state index contributed by atoms with van der Waals surface area (Å²) in [4.78, 5) is 15.9. The highest BCUT2D eigenvalue weighted by Crippen LogP contribution is 2.56. The van der Waals surface area contributed by atoms with Gasteiger partial charge in [-0.25, -0.2) is 4.21 Å². The van der Waals surface area contributed by atoms with Crippen LogP contribution in [-0.2, 0) is 27.6 Å². The zero-order valence-corrected chi connectivity index (χ0v) is 26.3. The highest BCUT2D eigenvalue weighted by molar-refractivity contribution is 7.84. The van der Waals surface area contributed by atoms with Crippen LogP contribution in [-0.4, -0.2) is 46.8 Å². The number of hydrogen-bond acceptors (Lipinski definition) is 5. The van der Waals surface area contributed by atoms with Gasteiger partial charge in [0.05, 0.1) is 23.6 Å². The van der Waals surface area contributed by atoms with Crippen molar-refractivity contribution < 1.29 is 18.5 Å². The number of fused-ring (bicyclic) bond motifs is 5. The molecule has 2 fully saturated rings. The third-order valence-electron chi connectivity index (χ3n) is 10.9. The number of carbonyl (C=O) groups excluding carboxylic acids is 1. The normalized spacial score (nSPS) is 38.4. The van der Waals surface area contributed by atoms with Crippen molar-refractivity contribution >= 4 is 34.2 Å². The maximum absolute atomic E-state index is 13.4. The van der Waals surface area contributed by atoms with Gasteiger partial charge in [-0.05, 0) is 112 Å². The minimum Gasteiger partial charge on any atom is -0.490 e. The van der Waals surface area contributed by atoms with Gasteiger partial charge in [0, 0.05) is 29.1 Å². The number of hydrogen-bond donors (Lipinski definition) is 1. The summed E-state index contributed by atoms with van der Waals surface area (Å²) < 4.78 is 29.0. The quantitative estimate of drug-likeness (QED) is 0.278. The van der Waals surface area contributed by atoms with Crippen LogP contribution in [0.5, 0.6) is 5.75 Å². The van der Waals surface area contributed by atoms with Gasteiger partial charge < -0.3 is 14.4 Å². The van der Waals surface area contributed by atoms with Crippen molar-refractivity contribution in [2.24, 2.45) is 17.8 Å². The van der Waals surface area contributed by atoms with Crippen molar-refractivity contribution in [3.8, 4) is 5.75 Å². The molecule has 2 aliphatic carbocycles. The van der Waals surface area contributed by atoms with Crippen molar-refractivity contribution in [1.82, 2.24) is 4.72 Å². The van der Waals surface area contributed by atoms with Crippen molar-refractivity contribution in [3.63, 3.8) is 0 Å². The summed E-state index contributed by atoms with van der Waals surface area (Å²) in [6.07, 6.45) is 11.0. The Kier molecular flexibility index (Phi) is 7.22. The van der Waals surface area contributed by atoms with Crippen molar-refractivity contribution in [2.75, 3.05) is 24.6 Å². The Morgan fingerprint density at radius 3 is 2.71 bits per heavy atom. The molecule has 2 bridgehead atoms. The highest BCUT2D eigenvalue weighted by atomic mass is 35.5. The molecule has 2 aromatic carbocycles. The Bertz CT molecular complexity index is 1460. The van der Waals surface area contributed by atoms with Crippen LogP contribution in [0.15, 0.2) is 48.6 Å². The third kappa shape index (κ3) is 4.80. The summed E-state index contributed by atoms with van der Waals surface area (Å²) in [6.45, 7) is 8.51. The number of amides is 1. The largest absolute Gasteiger partial charge is 0.490 e. The van der Waals surface area contributed by atoms with E-state index in [1.165, 1.54) is 11.1 Å². The summed E-state index contributed by atoms with van der Waals surface area (Å²) >= 11 is 6.43. The summed E-state index contributed by atoms with van der Waals surface area (Å²) in [5.41, 5.74) is 3.71. The zero-order chi connectivity index (χ0) is 29.2. The molecule has 1 saturated carbocycles. The van der Waals surface area contributed by atoms with Gasteiger partial charge in [-0.15, -0.1) is 0 Å². The topological polar surface area (TPSA) is 71.2 Å². The van der Waals surface area contributed by atoms with Gasteiger partial charge >= 0.3 is 0 Å². The second-order valence-electron chi connectivity index (χ2n) is 13.4. The molecule has 3 aliphatic heterocycles. The minimum absolute atomic E-state index is 0.152. The average Bonchev–Trinajstić information content (AvgIpc) is 3.63. The van der Waals surface area contributed by atoms with Crippen LogP contribution in [0.3, 0.4) is 0 Å². The van der Waals surface area contributed by atoms with Crippen LogP contribution in [0.1, 0.15) is 74.4 Å². The second kappa shape index (κ2) is 10.7. The van der Waals surface area contributed by atoms with Crippen molar-refractivity contribution in [2.45, 2.75) is 81.7 Å². The lowest BCUT2D eigenvalue weighted by molar-refractivity contribution is 0.0979. The Morgan fingerprint density at radius 2 is 1.95 bits per heavy atom. The van der Waals surface area contributed by atoms with E-state index in [1.807, 2.05) is 25.1 Å². The second-order valence-corrected chi connectivity index (χ2v) is 15.4. The molecule has 8 atom stereocenters. The van der Waals surface area contributed by atoms with E-state index in [1.54, 1.807) is 6.07 Å². The van der Waals surface area contributed by atoms with Gasteiger partial charge in [0.1, 0.15) is 22.3 Å². The number of nitrogens with zero attached hydrogens (tertiary/aromatic N) is 1. The summed E-state index contributed by atoms with van der Waals surface area (Å²) in [5, 5.41) is 0.594. The molecule has 1 N–H and O–H groups in total. The smallest absolute Gasteiger partial charge is 0.263 e. The van der Waals surface area contributed by atoms with Gasteiger partial charge in [-0.1, -0.05) is 36.7 Å². The van der Waals surface area contributed by atoms with E-state index in [-0.39, 0.29) is 34.2 Å². The Balaban J connectivity index is 1.30. The maximum Gasteiger partial charge on any atom is 0.263 e. The van der Waals surface area contributed by atoms with Crippen LogP contribution in [0.25, 0.3) is 0 Å². The first-order chi connectivity index (χ1) is 20.2. The number of anilines is 1. The van der Waals surface area contributed by atoms with Gasteiger partial charge in [-0.3, -0.25) is 9.52 Å². The van der Waals surface area contributed by atoms with Crippen LogP contribution in [0, 0.1) is 17.8 Å². The molecule has 3 heterocycles. The van der Waals surface area contributed by atoms with E-state index < -0.39 is 11.0 Å². The summed E-state index contributed by atoms with van der Waals surface area (Å²) in [6, 6.07) is 12.0. The number of epoxide rings is 1. The summed E-state index contributed by atoms with van der Waals surface area (Å²) in [7, 11) is -1.50. The minimum atomic E-state index is -1.50. The van der Waals surface area contributed by atoms with Gasteiger partial charge in [0.15, 0.2) is 0 Å². The van der Waals surface area contributed by atoms with Crippen LogP contribution < -0.4 is 14.4 Å². The molecule has 2 aromatic rings. The number of rotatable bonds is 0. The first-order valence-corrected chi connectivity index (χ1v) is 17.2. The number of aryl methyl sites for hydroxylation is 1. The zero-order valence-electron chi connectivity index (χ0n) is 24.7. The van der Waals surface area contributed by atoms with E-state index >= 15 is 0 Å². The molecule has 42 heavy (non-hydrogen) atoms. The molecular weight excluding hydrogens is 568 g/mol. The fourth-order valence-electron chi connectivity index (χ4n) is 7.99. The lowest BCUT2D eigenvalue weighted by atomic mass is 9.65. The number of benzene rings is 2. The number of allylic oxidation sites excluding steroid dienone is 1. The number of nitrogens with one attached hydrogen (secondary N) is 1. The molecule has 5 aliphatic rings. The Morgan fingerprint density at radius 1 is 1.12 bits per heavy atom. The molecule has 1 saturated heterocycles. The van der Waals surface area contributed by atoms with Crippen LogP contribution >= 0.6 is 11.6 Å². The monoisotopic (exact) mass is 608 g/mol. The number of ether oxygens (including phenoxy) is 2. The Labute approximate surface area is 256 Å². The number of carbonyl (C=O) groups is 1. The Hall–Kier alpha value is -2.35. The molecule has 8 heteroatoms. The van der Waals surface area contributed by atoms with Crippen molar-refractivity contribution in [3.05, 3.63) is 70.3 Å². The molecule has 7 rings (SSSR count). The number of halogens is 1. The highest BCUT2D eigenvalue weighted by Gasteiger charge is 2.61. The fraction of sp³-hybridized carbons (Fsp3) is 0.559. The molecule has 0 aromatic heterocycles. The molecule has 224 valence electrons. The molecule has 2 spiro atoms. The average molecular weight is 609 g/mol. The van der Waals surface area contributed by atoms with E-state index in [2.05, 4.69) is 47.8 Å². The third-order valence-corrected chi connectivity index (χ3v) is 12.7. The summed E-state index contributed by atoms with van der Waals surface area (Å²) in [5.74, 6) is 1.57. The predicted molar refractivity (Wildman–Crippen MR) is 168 cm³/mol. The molecule has 6 unspecified atom stereocenters. The lowest BCUT2D eigenvalue weighted by Crippen LogP contribution is -2.50. The van der Waals surface area contributed by atoms with E-state index in [9.17, 15) is 9.00 Å². The standard InChI is InChI=1S/C34H41ClN2O4S/c1-21-6-4-15-34(23(3)41-34)29-11-8-26(29)18-37-19-33(14-5-7-24-16-27(35)10-12-28(24)33)20-40-31-13-9-25(17-30(31)37)32(38)36-42(39)22(21)2/h4,9-10,12-13,15-17,21-23,26,29H,5-8,11,14,18-20H2,1-3H3,(H,36,38)/b15-4+/t21?,22?,23?,26?,29?,33-,34-,42?/m0/s1. The first-order valence-electron chi connectivity index (χ1n) is 15.6. The van der Waals surface area contributed by atoms with Gasteiger partial charge in [0.2, 0.25) is 0 Å². The fourth-order valence-corrected chi connectivity index (χ4v) is 9.21. The van der Waals surface area contributed by atoms with E-state index in [0.29, 0.717) is 24.0 Å². The lowest BCUT2D eigenvalue weighted by Gasteiger charge is -2.46. The predicted octanol–water partition coefficient (Wildman–Crippen LogP) is 6.37. The van der Waals surface area contributed by atoms with Crippen LogP contribution in [0.2, 0.25) is 5.02 Å². The van der Waals surface area contributed by atoms with E-state index in [4.69, 9.17) is 21.1 Å². The first kappa shape index (κ1) is 28.4. The van der Waals surface area contributed by atoms with E-state index in [0.717, 1.165) is 68.1 Å². The molecule has 1 amide bonds.